The number of thioether (sulfide) groups is 1. The van der Waals surface area contributed by atoms with Gasteiger partial charge in [-0.25, -0.2) is 0 Å². The summed E-state index contributed by atoms with van der Waals surface area (Å²) in [5.41, 5.74) is 0.289. The number of non-ortho nitro benzene ring substituents is 1. The van der Waals surface area contributed by atoms with Gasteiger partial charge < -0.3 is 5.32 Å². The smallest absolute Gasteiger partial charge is 0.292 e. The Morgan fingerprint density at radius 2 is 1.89 bits per heavy atom. The molecule has 3 aromatic rings. The first-order chi connectivity index (χ1) is 13.5. The molecule has 0 bridgehead atoms. The van der Waals surface area contributed by atoms with Crippen LogP contribution in [-0.2, 0) is 0 Å². The normalized spacial score (nSPS) is 11.8. The van der Waals surface area contributed by atoms with E-state index in [0.29, 0.717) is 17.9 Å². The van der Waals surface area contributed by atoms with Crippen molar-refractivity contribution in [1.29, 1.82) is 0 Å². The van der Waals surface area contributed by atoms with Gasteiger partial charge >= 0.3 is 0 Å². The Balaban J connectivity index is 1.71. The Morgan fingerprint density at radius 1 is 1.21 bits per heavy atom. The fourth-order valence-electron chi connectivity index (χ4n) is 2.48. The molecule has 1 atom stereocenters. The lowest BCUT2D eigenvalue weighted by atomic mass is 10.3. The quantitative estimate of drug-likeness (QED) is 0.349. The predicted octanol–water partition coefficient (Wildman–Crippen LogP) is 4.39. The molecule has 0 spiro atoms. The van der Waals surface area contributed by atoms with Gasteiger partial charge in [-0.2, -0.15) is 9.78 Å². The zero-order valence-electron chi connectivity index (χ0n) is 14.9. The second kappa shape index (κ2) is 8.90. The first-order valence-electron chi connectivity index (χ1n) is 8.44. The zero-order valence-corrected chi connectivity index (χ0v) is 16.5. The van der Waals surface area contributed by atoms with Gasteiger partial charge in [-0.1, -0.05) is 36.7 Å². The maximum absolute atomic E-state index is 12.5. The van der Waals surface area contributed by atoms with Crippen LogP contribution in [-0.4, -0.2) is 26.5 Å². The number of aromatic nitrogens is 2. The Hall–Kier alpha value is -2.84. The van der Waals surface area contributed by atoms with Gasteiger partial charge in [0, 0.05) is 28.8 Å². The van der Waals surface area contributed by atoms with Crippen LogP contribution < -0.4 is 10.9 Å². The number of hydrogen-bond donors (Lipinski definition) is 1. The maximum atomic E-state index is 12.5. The minimum absolute atomic E-state index is 0.0188. The molecule has 2 aromatic carbocycles. The fraction of sp³-hybridized carbons (Fsp3) is 0.158. The summed E-state index contributed by atoms with van der Waals surface area (Å²) in [5, 5.41) is 18.3. The molecule has 28 heavy (non-hydrogen) atoms. The average molecular weight is 417 g/mol. The summed E-state index contributed by atoms with van der Waals surface area (Å²) in [4.78, 5) is 23.9. The minimum Gasteiger partial charge on any atom is -0.381 e. The molecule has 0 amide bonds. The summed E-state index contributed by atoms with van der Waals surface area (Å²) < 4.78 is 1.11. The summed E-state index contributed by atoms with van der Waals surface area (Å²) in [6, 6.07) is 15.6. The lowest BCUT2D eigenvalue weighted by molar-refractivity contribution is -0.384. The number of nitrogens with zero attached hydrogens (tertiary/aromatic N) is 3. The number of halogens is 1. The van der Waals surface area contributed by atoms with Crippen molar-refractivity contribution in [3.05, 3.63) is 86.3 Å². The number of nitro benzene ring substituents is 1. The van der Waals surface area contributed by atoms with Crippen molar-refractivity contribution in [1.82, 2.24) is 9.78 Å². The highest BCUT2D eigenvalue weighted by molar-refractivity contribution is 8.00. The second-order valence-corrected chi connectivity index (χ2v) is 7.87. The molecule has 0 fully saturated rings. The van der Waals surface area contributed by atoms with Gasteiger partial charge in [0.2, 0.25) is 0 Å². The summed E-state index contributed by atoms with van der Waals surface area (Å²) in [6.45, 7) is 2.67. The molecule has 0 aliphatic heterocycles. The van der Waals surface area contributed by atoms with Crippen molar-refractivity contribution >= 4 is 34.7 Å². The van der Waals surface area contributed by atoms with Gasteiger partial charge in [0.1, 0.15) is 5.02 Å². The van der Waals surface area contributed by atoms with Crippen molar-refractivity contribution < 1.29 is 4.92 Å². The van der Waals surface area contributed by atoms with Gasteiger partial charge in [0.25, 0.3) is 11.2 Å². The van der Waals surface area contributed by atoms with E-state index in [1.165, 1.54) is 30.5 Å². The van der Waals surface area contributed by atoms with Crippen LogP contribution in [0.5, 0.6) is 0 Å². The molecule has 1 aromatic heterocycles. The van der Waals surface area contributed by atoms with Crippen LogP contribution >= 0.6 is 23.4 Å². The molecule has 7 nitrogen and oxygen atoms in total. The molecule has 1 N–H and O–H groups in total. The third kappa shape index (κ3) is 4.71. The molecule has 0 radical (unpaired) electrons. The third-order valence-corrected chi connectivity index (χ3v) is 5.36. The van der Waals surface area contributed by atoms with Crippen LogP contribution in [0, 0.1) is 10.1 Å². The highest BCUT2D eigenvalue weighted by Crippen LogP contribution is 2.24. The van der Waals surface area contributed by atoms with Gasteiger partial charge in [-0.15, -0.1) is 11.8 Å². The molecule has 3 rings (SSSR count). The van der Waals surface area contributed by atoms with Crippen LogP contribution in [0.15, 0.2) is 70.5 Å². The maximum Gasteiger partial charge on any atom is 0.292 e. The molecular weight excluding hydrogens is 400 g/mol. The number of rotatable bonds is 7. The van der Waals surface area contributed by atoms with E-state index in [2.05, 4.69) is 17.3 Å². The van der Waals surface area contributed by atoms with Crippen LogP contribution in [0.1, 0.15) is 6.92 Å². The van der Waals surface area contributed by atoms with Crippen LogP contribution in [0.2, 0.25) is 5.02 Å². The molecule has 0 aliphatic carbocycles. The number of nitro groups is 1. The molecule has 0 saturated carbocycles. The number of benzene rings is 2. The van der Waals surface area contributed by atoms with Crippen LogP contribution in [0.4, 0.5) is 11.4 Å². The monoisotopic (exact) mass is 416 g/mol. The Labute approximate surface area is 170 Å². The van der Waals surface area contributed by atoms with Gasteiger partial charge in [0.15, 0.2) is 0 Å². The second-order valence-electron chi connectivity index (χ2n) is 5.99. The van der Waals surface area contributed by atoms with E-state index < -0.39 is 10.5 Å². The van der Waals surface area contributed by atoms with Crippen molar-refractivity contribution in [3.8, 4) is 5.69 Å². The van der Waals surface area contributed by atoms with Gasteiger partial charge in [-0.3, -0.25) is 14.9 Å². The zero-order chi connectivity index (χ0) is 20.1. The average Bonchev–Trinajstić information content (AvgIpc) is 2.70. The van der Waals surface area contributed by atoms with Crippen molar-refractivity contribution in [2.75, 3.05) is 11.9 Å². The SMILES string of the molecule is CC(CNc1cnn(-c2ccc([N+](=O)[O-])cc2)c(=O)c1Cl)Sc1ccccc1. The standard InChI is InChI=1S/C19H17ClN4O3S/c1-13(28-16-5-3-2-4-6-16)11-21-17-12-22-23(19(25)18(17)20)14-7-9-15(10-8-14)24(26)27/h2-10,12-13,21H,11H2,1H3. The van der Waals surface area contributed by atoms with Crippen molar-refractivity contribution in [3.63, 3.8) is 0 Å². The van der Waals surface area contributed by atoms with E-state index in [-0.39, 0.29) is 16.0 Å². The van der Waals surface area contributed by atoms with E-state index >= 15 is 0 Å². The Morgan fingerprint density at radius 3 is 2.54 bits per heavy atom. The first kappa shape index (κ1) is 19.9. The molecule has 0 saturated heterocycles. The largest absolute Gasteiger partial charge is 0.381 e. The molecule has 1 unspecified atom stereocenters. The van der Waals surface area contributed by atoms with Gasteiger partial charge in [0.05, 0.1) is 22.5 Å². The van der Waals surface area contributed by atoms with E-state index in [9.17, 15) is 14.9 Å². The van der Waals surface area contributed by atoms with Gasteiger partial charge in [-0.05, 0) is 24.3 Å². The molecule has 0 aliphatic rings. The van der Waals surface area contributed by atoms with Crippen LogP contribution in [0.3, 0.4) is 0 Å². The molecule has 9 heteroatoms. The van der Waals surface area contributed by atoms with Crippen molar-refractivity contribution in [2.24, 2.45) is 0 Å². The summed E-state index contributed by atoms with van der Waals surface area (Å²) >= 11 is 7.93. The van der Waals surface area contributed by atoms with E-state index in [1.54, 1.807) is 11.8 Å². The molecule has 144 valence electrons. The van der Waals surface area contributed by atoms with E-state index in [4.69, 9.17) is 11.6 Å². The third-order valence-electron chi connectivity index (χ3n) is 3.88. The Kier molecular flexibility index (Phi) is 6.33. The Bertz CT molecular complexity index is 1030. The number of nitrogens with one attached hydrogen (secondary N) is 1. The molecule has 1 heterocycles. The number of hydrogen-bond acceptors (Lipinski definition) is 6. The van der Waals surface area contributed by atoms with E-state index in [0.717, 1.165) is 9.58 Å². The molecular formula is C19H17ClN4O3S. The lowest BCUT2D eigenvalue weighted by Gasteiger charge is -2.14. The summed E-state index contributed by atoms with van der Waals surface area (Å²) in [6.07, 6.45) is 1.48. The predicted molar refractivity (Wildman–Crippen MR) is 112 cm³/mol. The first-order valence-corrected chi connectivity index (χ1v) is 9.69. The topological polar surface area (TPSA) is 90.1 Å². The van der Waals surface area contributed by atoms with Crippen molar-refractivity contribution in [2.45, 2.75) is 17.1 Å². The highest BCUT2D eigenvalue weighted by Gasteiger charge is 2.13. The van der Waals surface area contributed by atoms with E-state index in [1.807, 2.05) is 30.3 Å². The highest BCUT2D eigenvalue weighted by atomic mass is 35.5. The van der Waals surface area contributed by atoms with Crippen LogP contribution in [0.25, 0.3) is 5.69 Å². The summed E-state index contributed by atoms with van der Waals surface area (Å²) in [5.74, 6) is 0. The lowest BCUT2D eigenvalue weighted by Crippen LogP contribution is -2.24. The minimum atomic E-state index is -0.505. The fourth-order valence-corrected chi connectivity index (χ4v) is 3.62. The number of anilines is 1. The summed E-state index contributed by atoms with van der Waals surface area (Å²) in [7, 11) is 0.